The zero-order valence-electron chi connectivity index (χ0n) is 12.0. The first-order chi connectivity index (χ1) is 10.7. The molecule has 1 aromatic carbocycles. The number of anilines is 1. The Balaban J connectivity index is 1.61. The van der Waals surface area contributed by atoms with Crippen LogP contribution in [0, 0.1) is 5.92 Å². The van der Waals surface area contributed by atoms with E-state index >= 15 is 0 Å². The highest BCUT2D eigenvalue weighted by Gasteiger charge is 2.21. The van der Waals surface area contributed by atoms with Crippen molar-refractivity contribution in [1.82, 2.24) is 10.2 Å². The van der Waals surface area contributed by atoms with E-state index in [-0.39, 0.29) is 18.1 Å². The van der Waals surface area contributed by atoms with Gasteiger partial charge in [0.05, 0.1) is 12.3 Å². The summed E-state index contributed by atoms with van der Waals surface area (Å²) in [4.78, 5) is 22.8. The van der Waals surface area contributed by atoms with Gasteiger partial charge in [0.2, 0.25) is 5.91 Å². The summed E-state index contributed by atoms with van der Waals surface area (Å²) in [6.07, 6.45) is 2.41. The maximum atomic E-state index is 11.8. The number of aromatic nitrogens is 2. The van der Waals surface area contributed by atoms with E-state index in [9.17, 15) is 9.59 Å². The molecule has 1 aliphatic rings. The second-order valence-electron chi connectivity index (χ2n) is 5.39. The number of aromatic amines is 1. The summed E-state index contributed by atoms with van der Waals surface area (Å²) < 4.78 is 5.36. The predicted octanol–water partition coefficient (Wildman–Crippen LogP) is 1.80. The van der Waals surface area contributed by atoms with Gasteiger partial charge in [-0.25, -0.2) is 5.10 Å². The average molecular weight is 299 g/mol. The zero-order valence-corrected chi connectivity index (χ0v) is 12.0. The standard InChI is InChI=1S/C16H17N3O3/c20-15-7-6-14(18-19-15)12-2-1-3-13(8-12)17-16(21)10-22-9-11-4-5-11/h1-3,6-8,11H,4-5,9-10H2,(H,17,21)(H,19,20). The molecule has 2 aromatic rings. The Morgan fingerprint density at radius 3 is 2.91 bits per heavy atom. The van der Waals surface area contributed by atoms with Crippen LogP contribution in [0.15, 0.2) is 41.2 Å². The van der Waals surface area contributed by atoms with Crippen LogP contribution in [0.1, 0.15) is 12.8 Å². The number of carbonyl (C=O) groups is 1. The van der Waals surface area contributed by atoms with Gasteiger partial charge in [-0.2, -0.15) is 5.10 Å². The molecule has 1 aliphatic carbocycles. The van der Waals surface area contributed by atoms with Gasteiger partial charge in [0, 0.05) is 17.3 Å². The number of H-pyrrole nitrogens is 1. The number of hydrogen-bond donors (Lipinski definition) is 2. The van der Waals surface area contributed by atoms with Crippen LogP contribution >= 0.6 is 0 Å². The van der Waals surface area contributed by atoms with Crippen LogP contribution in [0.25, 0.3) is 11.3 Å². The average Bonchev–Trinajstić information content (AvgIpc) is 3.32. The van der Waals surface area contributed by atoms with Crippen molar-refractivity contribution in [2.45, 2.75) is 12.8 Å². The number of benzene rings is 1. The predicted molar refractivity (Wildman–Crippen MR) is 82.5 cm³/mol. The third-order valence-corrected chi connectivity index (χ3v) is 3.40. The Morgan fingerprint density at radius 1 is 1.32 bits per heavy atom. The SMILES string of the molecule is O=C(COCC1CC1)Nc1cccc(-c2ccc(=O)[nH]n2)c1. The Labute approximate surface area is 127 Å². The van der Waals surface area contributed by atoms with Gasteiger partial charge in [0.1, 0.15) is 6.61 Å². The van der Waals surface area contributed by atoms with Crippen LogP contribution in [-0.2, 0) is 9.53 Å². The molecule has 6 heteroatoms. The van der Waals surface area contributed by atoms with Crippen LogP contribution < -0.4 is 10.9 Å². The van der Waals surface area contributed by atoms with E-state index in [0.717, 1.165) is 5.56 Å². The molecule has 0 aliphatic heterocycles. The molecule has 0 bridgehead atoms. The highest BCUT2D eigenvalue weighted by Crippen LogP contribution is 2.28. The number of nitrogens with zero attached hydrogens (tertiary/aromatic N) is 1. The van der Waals surface area contributed by atoms with Gasteiger partial charge in [-0.05, 0) is 37.0 Å². The molecule has 3 rings (SSSR count). The van der Waals surface area contributed by atoms with E-state index in [2.05, 4.69) is 15.5 Å². The molecule has 114 valence electrons. The van der Waals surface area contributed by atoms with Crippen molar-refractivity contribution in [3.8, 4) is 11.3 Å². The van der Waals surface area contributed by atoms with E-state index in [0.29, 0.717) is 23.9 Å². The number of hydrogen-bond acceptors (Lipinski definition) is 4. The summed E-state index contributed by atoms with van der Waals surface area (Å²) >= 11 is 0. The Morgan fingerprint density at radius 2 is 2.18 bits per heavy atom. The minimum atomic E-state index is -0.249. The molecule has 2 N–H and O–H groups in total. The third kappa shape index (κ3) is 4.02. The van der Waals surface area contributed by atoms with Crippen LogP contribution in [0.2, 0.25) is 0 Å². The fraction of sp³-hybridized carbons (Fsp3) is 0.312. The van der Waals surface area contributed by atoms with Gasteiger partial charge in [-0.3, -0.25) is 9.59 Å². The van der Waals surface area contributed by atoms with Crippen molar-refractivity contribution in [1.29, 1.82) is 0 Å². The molecule has 22 heavy (non-hydrogen) atoms. The summed E-state index contributed by atoms with van der Waals surface area (Å²) in [5.74, 6) is 0.467. The smallest absolute Gasteiger partial charge is 0.264 e. The summed E-state index contributed by atoms with van der Waals surface area (Å²) in [7, 11) is 0. The fourth-order valence-electron chi connectivity index (χ4n) is 2.06. The van der Waals surface area contributed by atoms with Crippen molar-refractivity contribution in [3.05, 3.63) is 46.8 Å². The minimum absolute atomic E-state index is 0.0671. The molecule has 1 saturated carbocycles. The lowest BCUT2D eigenvalue weighted by Crippen LogP contribution is -2.19. The first-order valence-electron chi connectivity index (χ1n) is 7.24. The lowest BCUT2D eigenvalue weighted by molar-refractivity contribution is -0.120. The molecule has 1 heterocycles. The van der Waals surface area contributed by atoms with E-state index in [1.165, 1.54) is 18.9 Å². The second kappa shape index (κ2) is 6.53. The van der Waals surface area contributed by atoms with Gasteiger partial charge >= 0.3 is 0 Å². The molecule has 1 amide bonds. The minimum Gasteiger partial charge on any atom is -0.371 e. The van der Waals surface area contributed by atoms with E-state index < -0.39 is 0 Å². The highest BCUT2D eigenvalue weighted by atomic mass is 16.5. The van der Waals surface area contributed by atoms with Crippen LogP contribution in [-0.4, -0.2) is 29.3 Å². The van der Waals surface area contributed by atoms with Gasteiger partial charge in [0.25, 0.3) is 5.56 Å². The number of carbonyl (C=O) groups excluding carboxylic acids is 1. The number of amides is 1. The van der Waals surface area contributed by atoms with Gasteiger partial charge in [0.15, 0.2) is 0 Å². The van der Waals surface area contributed by atoms with Crippen molar-refractivity contribution in [2.24, 2.45) is 5.92 Å². The van der Waals surface area contributed by atoms with Gasteiger partial charge in [-0.1, -0.05) is 12.1 Å². The lowest BCUT2D eigenvalue weighted by Gasteiger charge is -2.07. The number of ether oxygens (including phenoxy) is 1. The van der Waals surface area contributed by atoms with Gasteiger partial charge in [-0.15, -0.1) is 0 Å². The molecule has 1 fully saturated rings. The van der Waals surface area contributed by atoms with Crippen LogP contribution in [0.4, 0.5) is 5.69 Å². The molecular formula is C16H17N3O3. The van der Waals surface area contributed by atoms with Crippen molar-refractivity contribution >= 4 is 11.6 Å². The summed E-state index contributed by atoms with van der Waals surface area (Å²) in [6.45, 7) is 0.729. The summed E-state index contributed by atoms with van der Waals surface area (Å²) in [5, 5.41) is 9.15. The maximum absolute atomic E-state index is 11.8. The maximum Gasteiger partial charge on any atom is 0.264 e. The van der Waals surface area contributed by atoms with Gasteiger partial charge < -0.3 is 10.1 Å². The van der Waals surface area contributed by atoms with E-state index in [1.54, 1.807) is 18.2 Å². The molecule has 6 nitrogen and oxygen atoms in total. The molecule has 0 saturated heterocycles. The van der Waals surface area contributed by atoms with Crippen molar-refractivity contribution in [3.63, 3.8) is 0 Å². The summed E-state index contributed by atoms with van der Waals surface area (Å²) in [6, 6.07) is 10.3. The first kappa shape index (κ1) is 14.5. The van der Waals surface area contributed by atoms with E-state index in [4.69, 9.17) is 4.74 Å². The largest absolute Gasteiger partial charge is 0.371 e. The molecule has 0 unspecified atom stereocenters. The quantitative estimate of drug-likeness (QED) is 0.852. The third-order valence-electron chi connectivity index (χ3n) is 3.40. The normalized spacial score (nSPS) is 13.8. The molecule has 1 aromatic heterocycles. The molecule has 0 spiro atoms. The highest BCUT2D eigenvalue weighted by molar-refractivity contribution is 5.92. The Hall–Kier alpha value is -2.47. The monoisotopic (exact) mass is 299 g/mol. The van der Waals surface area contributed by atoms with Crippen LogP contribution in [0.5, 0.6) is 0 Å². The lowest BCUT2D eigenvalue weighted by atomic mass is 10.1. The number of rotatable bonds is 6. The van der Waals surface area contributed by atoms with E-state index in [1.807, 2.05) is 12.1 Å². The summed E-state index contributed by atoms with van der Waals surface area (Å²) in [5.41, 5.74) is 1.88. The van der Waals surface area contributed by atoms with Crippen LogP contribution in [0.3, 0.4) is 0 Å². The fourth-order valence-corrected chi connectivity index (χ4v) is 2.06. The first-order valence-corrected chi connectivity index (χ1v) is 7.24. The molecular weight excluding hydrogens is 282 g/mol. The topological polar surface area (TPSA) is 84.1 Å². The Kier molecular flexibility index (Phi) is 4.29. The van der Waals surface area contributed by atoms with Crippen molar-refractivity contribution < 1.29 is 9.53 Å². The molecule has 0 radical (unpaired) electrons. The number of nitrogens with one attached hydrogen (secondary N) is 2. The Bertz CT molecular complexity index is 702. The van der Waals surface area contributed by atoms with Crippen molar-refractivity contribution in [2.75, 3.05) is 18.5 Å². The molecule has 0 atom stereocenters. The second-order valence-corrected chi connectivity index (χ2v) is 5.39. The zero-order chi connectivity index (χ0) is 15.4.